The van der Waals surface area contributed by atoms with E-state index in [0.29, 0.717) is 31.6 Å². The van der Waals surface area contributed by atoms with Gasteiger partial charge >= 0.3 is 0 Å². The van der Waals surface area contributed by atoms with E-state index in [-0.39, 0.29) is 29.5 Å². The maximum absolute atomic E-state index is 13.2. The molecule has 3 rings (SSSR count). The van der Waals surface area contributed by atoms with Crippen molar-refractivity contribution in [1.29, 1.82) is 0 Å². The molecule has 3 amide bonds. The van der Waals surface area contributed by atoms with Gasteiger partial charge in [-0.2, -0.15) is 0 Å². The molecule has 2 N–H and O–H groups in total. The lowest BCUT2D eigenvalue weighted by molar-refractivity contribution is -0.134. The van der Waals surface area contributed by atoms with Gasteiger partial charge in [0.2, 0.25) is 11.8 Å². The van der Waals surface area contributed by atoms with E-state index in [2.05, 4.69) is 10.6 Å². The number of hydrogen-bond acceptors (Lipinski definition) is 4. The van der Waals surface area contributed by atoms with E-state index >= 15 is 0 Å². The van der Waals surface area contributed by atoms with Crippen molar-refractivity contribution in [1.82, 2.24) is 10.2 Å². The molecule has 172 valence electrons. The van der Waals surface area contributed by atoms with E-state index in [9.17, 15) is 14.4 Å². The van der Waals surface area contributed by atoms with Crippen molar-refractivity contribution in [3.8, 4) is 0 Å². The Morgan fingerprint density at radius 2 is 1.79 bits per heavy atom. The fraction of sp³-hybridized carbons (Fsp3) is 0.269. The summed E-state index contributed by atoms with van der Waals surface area (Å²) < 4.78 is 5.08. The standard InChI is InChI=1S/C26H29N3O4/c1-19(22-11-6-12-23(17-22)28-20(2)30)29(18-21-9-4-3-5-10-21)25(31)14-7-15-27-26(32)24-13-8-16-33-24/h3-6,8-13,16-17,19H,7,14-15,18H2,1-2H3,(H,27,32)(H,28,30). The Kier molecular flexibility index (Phi) is 8.41. The average Bonchev–Trinajstić information content (AvgIpc) is 3.35. The van der Waals surface area contributed by atoms with Crippen molar-refractivity contribution in [3.63, 3.8) is 0 Å². The molecule has 0 radical (unpaired) electrons. The molecule has 0 saturated carbocycles. The van der Waals surface area contributed by atoms with Gasteiger partial charge in [-0.25, -0.2) is 0 Å². The molecule has 0 aliphatic rings. The third-order valence-corrected chi connectivity index (χ3v) is 5.27. The minimum absolute atomic E-state index is 0.0106. The number of nitrogens with zero attached hydrogens (tertiary/aromatic N) is 1. The van der Waals surface area contributed by atoms with Crippen molar-refractivity contribution >= 4 is 23.4 Å². The zero-order valence-corrected chi connectivity index (χ0v) is 18.9. The van der Waals surface area contributed by atoms with Gasteiger partial charge in [0, 0.05) is 32.1 Å². The van der Waals surface area contributed by atoms with Crippen molar-refractivity contribution < 1.29 is 18.8 Å². The summed E-state index contributed by atoms with van der Waals surface area (Å²) in [5, 5.41) is 5.56. The maximum atomic E-state index is 13.2. The van der Waals surface area contributed by atoms with Crippen LogP contribution >= 0.6 is 0 Å². The minimum Gasteiger partial charge on any atom is -0.459 e. The van der Waals surface area contributed by atoms with Crippen LogP contribution in [0.5, 0.6) is 0 Å². The Balaban J connectivity index is 1.67. The van der Waals surface area contributed by atoms with Crippen LogP contribution in [-0.4, -0.2) is 29.2 Å². The Morgan fingerprint density at radius 3 is 2.48 bits per heavy atom. The highest BCUT2D eigenvalue weighted by atomic mass is 16.3. The Morgan fingerprint density at radius 1 is 1.00 bits per heavy atom. The molecule has 1 unspecified atom stereocenters. The zero-order valence-electron chi connectivity index (χ0n) is 18.9. The van der Waals surface area contributed by atoms with Crippen LogP contribution in [0.1, 0.15) is 54.4 Å². The van der Waals surface area contributed by atoms with Crippen molar-refractivity contribution in [2.45, 2.75) is 39.3 Å². The molecule has 2 aromatic carbocycles. The molecular formula is C26H29N3O4. The summed E-state index contributed by atoms with van der Waals surface area (Å²) in [6, 6.07) is 20.4. The first kappa shape index (κ1) is 23.8. The number of furan rings is 1. The predicted octanol–water partition coefficient (Wildman–Crippen LogP) is 4.54. The second-order valence-electron chi connectivity index (χ2n) is 7.83. The van der Waals surface area contributed by atoms with Crippen LogP contribution in [0.3, 0.4) is 0 Å². The molecular weight excluding hydrogens is 418 g/mol. The van der Waals surface area contributed by atoms with Crippen LogP contribution in [-0.2, 0) is 16.1 Å². The molecule has 7 nitrogen and oxygen atoms in total. The zero-order chi connectivity index (χ0) is 23.6. The van der Waals surface area contributed by atoms with Crippen LogP contribution < -0.4 is 10.6 Å². The fourth-order valence-corrected chi connectivity index (χ4v) is 3.56. The van der Waals surface area contributed by atoms with E-state index in [0.717, 1.165) is 11.1 Å². The van der Waals surface area contributed by atoms with Crippen LogP contribution in [0.2, 0.25) is 0 Å². The summed E-state index contributed by atoms with van der Waals surface area (Å²) in [6.07, 6.45) is 2.25. The van der Waals surface area contributed by atoms with E-state index < -0.39 is 0 Å². The third-order valence-electron chi connectivity index (χ3n) is 5.27. The summed E-state index contributed by atoms with van der Waals surface area (Å²) in [6.45, 7) is 4.28. The van der Waals surface area contributed by atoms with Gasteiger partial charge in [0.1, 0.15) is 0 Å². The number of nitrogens with one attached hydrogen (secondary N) is 2. The average molecular weight is 448 g/mol. The predicted molar refractivity (Wildman–Crippen MR) is 126 cm³/mol. The first-order valence-electron chi connectivity index (χ1n) is 11.0. The molecule has 0 saturated heterocycles. The maximum Gasteiger partial charge on any atom is 0.286 e. The van der Waals surface area contributed by atoms with Gasteiger partial charge in [0.15, 0.2) is 5.76 Å². The molecule has 0 bridgehead atoms. The highest BCUT2D eigenvalue weighted by Crippen LogP contribution is 2.26. The molecule has 1 aromatic heterocycles. The number of hydrogen-bond donors (Lipinski definition) is 2. The van der Waals surface area contributed by atoms with E-state index in [1.165, 1.54) is 13.2 Å². The molecule has 0 fully saturated rings. The lowest BCUT2D eigenvalue weighted by Crippen LogP contribution is -2.34. The van der Waals surface area contributed by atoms with Crippen molar-refractivity contribution in [2.24, 2.45) is 0 Å². The monoisotopic (exact) mass is 447 g/mol. The Labute approximate surface area is 193 Å². The first-order chi connectivity index (χ1) is 15.9. The van der Waals surface area contributed by atoms with Crippen molar-refractivity contribution in [3.05, 3.63) is 89.9 Å². The molecule has 3 aromatic rings. The number of carbonyl (C=O) groups is 3. The summed E-state index contributed by atoms with van der Waals surface area (Å²) in [7, 11) is 0. The van der Waals surface area contributed by atoms with Crippen LogP contribution in [0.15, 0.2) is 77.4 Å². The first-order valence-corrected chi connectivity index (χ1v) is 11.0. The molecule has 0 aliphatic heterocycles. The van der Waals surface area contributed by atoms with E-state index in [1.807, 2.05) is 66.4 Å². The smallest absolute Gasteiger partial charge is 0.286 e. The van der Waals surface area contributed by atoms with Crippen LogP contribution in [0.4, 0.5) is 5.69 Å². The summed E-state index contributed by atoms with van der Waals surface area (Å²) in [5.74, 6) is -0.200. The van der Waals surface area contributed by atoms with Gasteiger partial charge in [-0.1, -0.05) is 42.5 Å². The summed E-state index contributed by atoms with van der Waals surface area (Å²) >= 11 is 0. The molecule has 7 heteroatoms. The fourth-order valence-electron chi connectivity index (χ4n) is 3.56. The highest BCUT2D eigenvalue weighted by molar-refractivity contribution is 5.91. The number of rotatable bonds is 10. The molecule has 1 heterocycles. The van der Waals surface area contributed by atoms with Gasteiger partial charge < -0.3 is 20.0 Å². The quantitative estimate of drug-likeness (QED) is 0.447. The lowest BCUT2D eigenvalue weighted by Gasteiger charge is -2.30. The number of amides is 3. The summed E-state index contributed by atoms with van der Waals surface area (Å²) in [4.78, 5) is 38.5. The van der Waals surface area contributed by atoms with Crippen LogP contribution in [0, 0.1) is 0 Å². The Hall–Kier alpha value is -3.87. The SMILES string of the molecule is CC(=O)Nc1cccc(C(C)N(Cc2ccccc2)C(=O)CCCNC(=O)c2ccco2)c1. The van der Waals surface area contributed by atoms with E-state index in [4.69, 9.17) is 4.42 Å². The normalized spacial score (nSPS) is 11.5. The second kappa shape index (κ2) is 11.7. The highest BCUT2D eigenvalue weighted by Gasteiger charge is 2.22. The number of benzene rings is 2. The second-order valence-corrected chi connectivity index (χ2v) is 7.83. The minimum atomic E-state index is -0.295. The summed E-state index contributed by atoms with van der Waals surface area (Å²) in [5.41, 5.74) is 2.65. The largest absolute Gasteiger partial charge is 0.459 e. The van der Waals surface area contributed by atoms with Crippen molar-refractivity contribution in [2.75, 3.05) is 11.9 Å². The molecule has 0 aliphatic carbocycles. The topological polar surface area (TPSA) is 91.7 Å². The Bertz CT molecular complexity index is 1060. The number of anilines is 1. The molecule has 0 spiro atoms. The van der Waals surface area contributed by atoms with Gasteiger partial charge in [-0.3, -0.25) is 14.4 Å². The van der Waals surface area contributed by atoms with E-state index in [1.54, 1.807) is 12.1 Å². The molecule has 1 atom stereocenters. The lowest BCUT2D eigenvalue weighted by atomic mass is 10.0. The molecule has 33 heavy (non-hydrogen) atoms. The van der Waals surface area contributed by atoms with Crippen LogP contribution in [0.25, 0.3) is 0 Å². The van der Waals surface area contributed by atoms with Gasteiger partial charge in [0.25, 0.3) is 5.91 Å². The number of carbonyl (C=O) groups excluding carboxylic acids is 3. The van der Waals surface area contributed by atoms with Gasteiger partial charge in [-0.15, -0.1) is 0 Å². The van der Waals surface area contributed by atoms with Gasteiger partial charge in [0.05, 0.1) is 12.3 Å². The third kappa shape index (κ3) is 7.07. The van der Waals surface area contributed by atoms with Gasteiger partial charge in [-0.05, 0) is 48.7 Å².